The van der Waals surface area contributed by atoms with Crippen LogP contribution in [0.15, 0.2) is 42.7 Å². The van der Waals surface area contributed by atoms with E-state index in [0.29, 0.717) is 11.0 Å². The predicted molar refractivity (Wildman–Crippen MR) is 66.9 cm³/mol. The summed E-state index contributed by atoms with van der Waals surface area (Å²) in [7, 11) is 0. The number of nitrogens with one attached hydrogen (secondary N) is 1. The predicted octanol–water partition coefficient (Wildman–Crippen LogP) is 2.28. The van der Waals surface area contributed by atoms with Gasteiger partial charge in [-0.05, 0) is 5.56 Å². The lowest BCUT2D eigenvalue weighted by Gasteiger charge is -2.17. The highest BCUT2D eigenvalue weighted by Gasteiger charge is 2.10. The molecule has 1 aromatic heterocycles. The van der Waals surface area contributed by atoms with Crippen LogP contribution in [0, 0.1) is 0 Å². The fourth-order valence-corrected chi connectivity index (χ4v) is 1.66. The quantitative estimate of drug-likeness (QED) is 0.817. The third-order valence-corrected chi connectivity index (χ3v) is 2.55. The van der Waals surface area contributed by atoms with E-state index >= 15 is 0 Å². The van der Waals surface area contributed by atoms with Crippen molar-refractivity contribution >= 4 is 17.4 Å². The average molecular weight is 250 g/mol. The van der Waals surface area contributed by atoms with E-state index < -0.39 is 0 Å². The molecule has 5 heteroatoms. The second-order valence-corrected chi connectivity index (χ2v) is 3.90. The van der Waals surface area contributed by atoms with Gasteiger partial charge >= 0.3 is 0 Å². The van der Waals surface area contributed by atoms with Crippen molar-refractivity contribution in [2.75, 3.05) is 11.9 Å². The highest BCUT2D eigenvalue weighted by molar-refractivity contribution is 6.29. The zero-order chi connectivity index (χ0) is 12.1. The second kappa shape index (κ2) is 5.61. The number of aliphatic hydroxyl groups excluding tert-OH is 1. The minimum Gasteiger partial charge on any atom is -0.394 e. The Morgan fingerprint density at radius 3 is 2.65 bits per heavy atom. The Morgan fingerprint density at radius 1 is 1.24 bits per heavy atom. The molecule has 0 aliphatic heterocycles. The molecule has 0 fully saturated rings. The van der Waals surface area contributed by atoms with E-state index in [1.165, 1.54) is 6.33 Å². The number of hydrogen-bond acceptors (Lipinski definition) is 4. The molecule has 1 atom stereocenters. The van der Waals surface area contributed by atoms with Crippen LogP contribution >= 0.6 is 11.6 Å². The average Bonchev–Trinajstić information content (AvgIpc) is 2.37. The summed E-state index contributed by atoms with van der Waals surface area (Å²) in [6.45, 7) is -0.0222. The fraction of sp³-hybridized carbons (Fsp3) is 0.167. The summed E-state index contributed by atoms with van der Waals surface area (Å²) < 4.78 is 0. The van der Waals surface area contributed by atoms with Crippen LogP contribution in [0.1, 0.15) is 11.6 Å². The van der Waals surface area contributed by atoms with Gasteiger partial charge in [0.25, 0.3) is 0 Å². The number of hydrogen-bond donors (Lipinski definition) is 2. The van der Waals surface area contributed by atoms with Crippen LogP contribution in [0.5, 0.6) is 0 Å². The van der Waals surface area contributed by atoms with E-state index in [9.17, 15) is 5.11 Å². The Kier molecular flexibility index (Phi) is 3.90. The van der Waals surface area contributed by atoms with Crippen LogP contribution in [0.25, 0.3) is 0 Å². The molecule has 1 heterocycles. The van der Waals surface area contributed by atoms with Gasteiger partial charge in [-0.1, -0.05) is 41.9 Å². The first kappa shape index (κ1) is 11.8. The van der Waals surface area contributed by atoms with Crippen molar-refractivity contribution < 1.29 is 5.11 Å². The maximum atomic E-state index is 9.37. The Bertz CT molecular complexity index is 478. The summed E-state index contributed by atoms with van der Waals surface area (Å²) in [5.41, 5.74) is 0.990. The zero-order valence-electron chi connectivity index (χ0n) is 9.05. The molecule has 4 nitrogen and oxygen atoms in total. The van der Waals surface area contributed by atoms with Crippen molar-refractivity contribution in [1.82, 2.24) is 9.97 Å². The van der Waals surface area contributed by atoms with Crippen LogP contribution < -0.4 is 5.32 Å². The van der Waals surface area contributed by atoms with Crippen molar-refractivity contribution in [2.45, 2.75) is 6.04 Å². The highest BCUT2D eigenvalue weighted by atomic mass is 35.5. The molecule has 2 N–H and O–H groups in total. The molecule has 2 rings (SSSR count). The minimum atomic E-state index is -0.206. The molecular weight excluding hydrogens is 238 g/mol. The van der Waals surface area contributed by atoms with Gasteiger partial charge < -0.3 is 10.4 Å². The number of halogens is 1. The normalized spacial score (nSPS) is 12.1. The summed E-state index contributed by atoms with van der Waals surface area (Å²) in [6.07, 6.45) is 1.38. The first-order valence-corrected chi connectivity index (χ1v) is 5.57. The lowest BCUT2D eigenvalue weighted by atomic mass is 10.1. The van der Waals surface area contributed by atoms with Gasteiger partial charge in [0.05, 0.1) is 12.6 Å². The summed E-state index contributed by atoms with van der Waals surface area (Å²) >= 11 is 5.76. The van der Waals surface area contributed by atoms with Crippen LogP contribution in [-0.2, 0) is 0 Å². The van der Waals surface area contributed by atoms with Crippen molar-refractivity contribution in [3.8, 4) is 0 Å². The molecule has 2 aromatic rings. The molecule has 0 aliphatic carbocycles. The molecule has 0 saturated heterocycles. The van der Waals surface area contributed by atoms with Gasteiger partial charge in [0, 0.05) is 6.07 Å². The minimum absolute atomic E-state index is 0.0222. The molecule has 0 radical (unpaired) electrons. The molecule has 0 unspecified atom stereocenters. The summed E-state index contributed by atoms with van der Waals surface area (Å²) in [5.74, 6) is 0.591. The van der Waals surface area contributed by atoms with Crippen LogP contribution in [0.4, 0.5) is 5.82 Å². The largest absolute Gasteiger partial charge is 0.394 e. The summed E-state index contributed by atoms with van der Waals surface area (Å²) in [5, 5.41) is 12.8. The number of benzene rings is 1. The fourth-order valence-electron chi connectivity index (χ4n) is 1.51. The Balaban J connectivity index is 2.16. The van der Waals surface area contributed by atoms with Gasteiger partial charge in [-0.15, -0.1) is 0 Å². The molecule has 17 heavy (non-hydrogen) atoms. The van der Waals surface area contributed by atoms with Crippen molar-refractivity contribution in [3.63, 3.8) is 0 Å². The Labute approximate surface area is 104 Å². The van der Waals surface area contributed by atoms with Crippen molar-refractivity contribution in [1.29, 1.82) is 0 Å². The number of aromatic nitrogens is 2. The first-order valence-electron chi connectivity index (χ1n) is 5.19. The standard InChI is InChI=1S/C12H12ClN3O/c13-11-6-12(15-8-14-11)16-10(7-17)9-4-2-1-3-5-9/h1-6,8,10,17H,7H2,(H,14,15,16)/t10-/m1/s1. The number of nitrogens with zero attached hydrogens (tertiary/aromatic N) is 2. The Morgan fingerprint density at radius 2 is 2.00 bits per heavy atom. The van der Waals surface area contributed by atoms with E-state index in [1.807, 2.05) is 30.3 Å². The summed E-state index contributed by atoms with van der Waals surface area (Å²) in [6, 6.07) is 11.1. The number of aliphatic hydroxyl groups is 1. The van der Waals surface area contributed by atoms with Gasteiger partial charge in [-0.3, -0.25) is 0 Å². The molecule has 1 aromatic carbocycles. The smallest absolute Gasteiger partial charge is 0.134 e. The molecule has 0 aliphatic rings. The van der Waals surface area contributed by atoms with Gasteiger partial charge in [-0.2, -0.15) is 0 Å². The maximum absolute atomic E-state index is 9.37. The lowest BCUT2D eigenvalue weighted by molar-refractivity contribution is 0.276. The second-order valence-electron chi connectivity index (χ2n) is 3.52. The van der Waals surface area contributed by atoms with Crippen molar-refractivity contribution in [2.24, 2.45) is 0 Å². The molecule has 0 bridgehead atoms. The molecule has 0 spiro atoms. The topological polar surface area (TPSA) is 58.0 Å². The molecular formula is C12H12ClN3O. The first-order chi connectivity index (χ1) is 8.29. The number of anilines is 1. The van der Waals surface area contributed by atoms with Crippen LogP contribution in [0.2, 0.25) is 5.15 Å². The van der Waals surface area contributed by atoms with E-state index in [4.69, 9.17) is 11.6 Å². The molecule has 88 valence electrons. The van der Waals surface area contributed by atoms with Crippen LogP contribution in [0.3, 0.4) is 0 Å². The highest BCUT2D eigenvalue weighted by Crippen LogP contribution is 2.18. The monoisotopic (exact) mass is 249 g/mol. The SMILES string of the molecule is OC[C@@H](Nc1cc(Cl)ncn1)c1ccccc1. The zero-order valence-corrected chi connectivity index (χ0v) is 9.80. The van der Waals surface area contributed by atoms with E-state index in [1.54, 1.807) is 6.07 Å². The Hall–Kier alpha value is -1.65. The van der Waals surface area contributed by atoms with Crippen LogP contribution in [-0.4, -0.2) is 21.7 Å². The van der Waals surface area contributed by atoms with Gasteiger partial charge in [-0.25, -0.2) is 9.97 Å². The van der Waals surface area contributed by atoms with Gasteiger partial charge in [0.2, 0.25) is 0 Å². The lowest BCUT2D eigenvalue weighted by Crippen LogP contribution is -2.15. The van der Waals surface area contributed by atoms with Gasteiger partial charge in [0.1, 0.15) is 17.3 Å². The van der Waals surface area contributed by atoms with Crippen molar-refractivity contribution in [3.05, 3.63) is 53.4 Å². The summed E-state index contributed by atoms with van der Waals surface area (Å²) in [4.78, 5) is 7.83. The maximum Gasteiger partial charge on any atom is 0.134 e. The third kappa shape index (κ3) is 3.15. The van der Waals surface area contributed by atoms with E-state index in [0.717, 1.165) is 5.56 Å². The molecule has 0 saturated carbocycles. The van der Waals surface area contributed by atoms with Gasteiger partial charge in [0.15, 0.2) is 0 Å². The molecule has 0 amide bonds. The van der Waals surface area contributed by atoms with E-state index in [-0.39, 0.29) is 12.6 Å². The third-order valence-electron chi connectivity index (χ3n) is 2.34. The van der Waals surface area contributed by atoms with E-state index in [2.05, 4.69) is 15.3 Å². The number of rotatable bonds is 4.